The molecule has 4 heterocycles. The van der Waals surface area contributed by atoms with E-state index in [9.17, 15) is 8.42 Å². The summed E-state index contributed by atoms with van der Waals surface area (Å²) < 4.78 is 25.4. The SMILES string of the molecule is C[C@H]1CN(c2ccnc(N3C=C(c4ccncc4)SC3)c2)CCN1S(C)(=O)=O. The number of rotatable bonds is 4. The van der Waals surface area contributed by atoms with Gasteiger partial charge in [0.2, 0.25) is 10.0 Å². The molecule has 2 aliphatic heterocycles. The lowest BCUT2D eigenvalue weighted by atomic mass is 10.2. The van der Waals surface area contributed by atoms with Crippen molar-refractivity contribution in [1.29, 1.82) is 0 Å². The van der Waals surface area contributed by atoms with E-state index in [4.69, 9.17) is 0 Å². The van der Waals surface area contributed by atoms with E-state index in [1.165, 1.54) is 11.2 Å². The molecule has 1 fully saturated rings. The van der Waals surface area contributed by atoms with Gasteiger partial charge in [0, 0.05) is 67.1 Å². The van der Waals surface area contributed by atoms with Crippen LogP contribution in [-0.2, 0) is 10.0 Å². The standard InChI is InChI=1S/C19H23N5O2S2/c1-15-12-22(9-10-24(15)28(2,25)26)17-5-8-21-19(11-17)23-13-18(27-14-23)16-3-6-20-7-4-16/h3-8,11,13,15H,9-10,12,14H2,1-2H3/t15-/m0/s1. The van der Waals surface area contributed by atoms with Gasteiger partial charge >= 0.3 is 0 Å². The van der Waals surface area contributed by atoms with Crippen molar-refractivity contribution in [3.8, 4) is 0 Å². The molecule has 9 heteroatoms. The summed E-state index contributed by atoms with van der Waals surface area (Å²) in [6.07, 6.45) is 8.82. The minimum Gasteiger partial charge on any atom is -0.368 e. The first-order valence-corrected chi connectivity index (χ1v) is 11.9. The van der Waals surface area contributed by atoms with Crippen molar-refractivity contribution in [1.82, 2.24) is 14.3 Å². The molecule has 4 rings (SSSR count). The van der Waals surface area contributed by atoms with Crippen LogP contribution in [0.2, 0.25) is 0 Å². The highest BCUT2D eigenvalue weighted by Crippen LogP contribution is 2.36. The Morgan fingerprint density at radius 1 is 1.14 bits per heavy atom. The third-order valence-electron chi connectivity index (χ3n) is 4.98. The van der Waals surface area contributed by atoms with Gasteiger partial charge in [-0.1, -0.05) is 0 Å². The Balaban J connectivity index is 1.51. The molecule has 1 atom stereocenters. The van der Waals surface area contributed by atoms with E-state index in [-0.39, 0.29) is 6.04 Å². The second kappa shape index (κ2) is 7.73. The molecule has 2 aromatic rings. The minimum atomic E-state index is -3.16. The predicted octanol–water partition coefficient (Wildman–Crippen LogP) is 2.46. The van der Waals surface area contributed by atoms with Crippen LogP contribution in [0.15, 0.2) is 49.1 Å². The van der Waals surface area contributed by atoms with Gasteiger partial charge in [0.1, 0.15) is 5.82 Å². The second-order valence-electron chi connectivity index (χ2n) is 7.01. The molecule has 7 nitrogen and oxygen atoms in total. The third-order valence-corrected chi connectivity index (χ3v) is 7.43. The van der Waals surface area contributed by atoms with Crippen molar-refractivity contribution in [2.24, 2.45) is 0 Å². The smallest absolute Gasteiger partial charge is 0.211 e. The van der Waals surface area contributed by atoms with E-state index in [0.29, 0.717) is 19.6 Å². The highest BCUT2D eigenvalue weighted by molar-refractivity contribution is 8.08. The van der Waals surface area contributed by atoms with Crippen LogP contribution in [0.25, 0.3) is 4.91 Å². The van der Waals surface area contributed by atoms with Gasteiger partial charge in [-0.25, -0.2) is 13.4 Å². The van der Waals surface area contributed by atoms with E-state index >= 15 is 0 Å². The Labute approximate surface area is 170 Å². The number of hydrogen-bond donors (Lipinski definition) is 0. The van der Waals surface area contributed by atoms with Gasteiger partial charge in [-0.05, 0) is 30.7 Å². The molecule has 0 N–H and O–H groups in total. The molecule has 1 saturated heterocycles. The maximum atomic E-state index is 11.9. The first kappa shape index (κ1) is 19.2. The molecule has 0 spiro atoms. The number of thioether (sulfide) groups is 1. The molecule has 0 aliphatic carbocycles. The second-order valence-corrected chi connectivity index (χ2v) is 9.94. The van der Waals surface area contributed by atoms with Crippen molar-refractivity contribution in [3.05, 3.63) is 54.6 Å². The van der Waals surface area contributed by atoms with Crippen molar-refractivity contribution in [2.45, 2.75) is 13.0 Å². The Morgan fingerprint density at radius 3 is 2.64 bits per heavy atom. The molecule has 0 aromatic carbocycles. The fourth-order valence-corrected chi connectivity index (χ4v) is 5.71. The summed E-state index contributed by atoms with van der Waals surface area (Å²) in [6.45, 7) is 3.80. The van der Waals surface area contributed by atoms with Gasteiger partial charge in [0.15, 0.2) is 0 Å². The zero-order valence-electron chi connectivity index (χ0n) is 15.9. The lowest BCUT2D eigenvalue weighted by molar-refractivity contribution is 0.309. The van der Waals surface area contributed by atoms with E-state index in [1.54, 1.807) is 28.5 Å². The van der Waals surface area contributed by atoms with Crippen molar-refractivity contribution >= 4 is 38.2 Å². The first-order chi connectivity index (χ1) is 13.4. The maximum Gasteiger partial charge on any atom is 0.211 e. The number of hydrogen-bond acceptors (Lipinski definition) is 7. The Morgan fingerprint density at radius 2 is 1.93 bits per heavy atom. The zero-order valence-corrected chi connectivity index (χ0v) is 17.5. The van der Waals surface area contributed by atoms with Gasteiger partial charge in [-0.3, -0.25) is 4.98 Å². The fraction of sp³-hybridized carbons (Fsp3) is 0.368. The summed E-state index contributed by atoms with van der Waals surface area (Å²) in [5, 5.41) is 0. The average Bonchev–Trinajstić information content (AvgIpc) is 3.18. The van der Waals surface area contributed by atoms with Crippen LogP contribution in [0.4, 0.5) is 11.5 Å². The Hall–Kier alpha value is -2.10. The molecule has 0 bridgehead atoms. The number of piperazine rings is 1. The van der Waals surface area contributed by atoms with E-state index in [1.807, 2.05) is 31.3 Å². The Kier molecular flexibility index (Phi) is 5.31. The summed E-state index contributed by atoms with van der Waals surface area (Å²) >= 11 is 1.78. The molecular weight excluding hydrogens is 394 g/mol. The fourth-order valence-electron chi connectivity index (χ4n) is 3.59. The first-order valence-electron chi connectivity index (χ1n) is 9.11. The van der Waals surface area contributed by atoms with Gasteiger partial charge in [0.25, 0.3) is 0 Å². The van der Waals surface area contributed by atoms with Crippen LogP contribution in [0, 0.1) is 0 Å². The molecule has 0 unspecified atom stereocenters. The summed E-state index contributed by atoms with van der Waals surface area (Å²) in [5.41, 5.74) is 2.23. The summed E-state index contributed by atoms with van der Waals surface area (Å²) in [4.78, 5) is 14.2. The number of pyridine rings is 2. The number of nitrogens with zero attached hydrogens (tertiary/aromatic N) is 5. The number of anilines is 2. The average molecular weight is 418 g/mol. The largest absolute Gasteiger partial charge is 0.368 e. The molecule has 0 amide bonds. The van der Waals surface area contributed by atoms with Crippen LogP contribution >= 0.6 is 11.8 Å². The van der Waals surface area contributed by atoms with E-state index in [2.05, 4.69) is 32.0 Å². The van der Waals surface area contributed by atoms with Crippen molar-refractivity contribution in [3.63, 3.8) is 0 Å². The van der Waals surface area contributed by atoms with Crippen LogP contribution in [0.5, 0.6) is 0 Å². The van der Waals surface area contributed by atoms with Crippen LogP contribution in [0.3, 0.4) is 0 Å². The van der Waals surface area contributed by atoms with E-state index in [0.717, 1.165) is 22.9 Å². The topological polar surface area (TPSA) is 69.6 Å². The third kappa shape index (κ3) is 4.01. The highest BCUT2D eigenvalue weighted by atomic mass is 32.2. The van der Waals surface area contributed by atoms with E-state index < -0.39 is 10.0 Å². The summed E-state index contributed by atoms with van der Waals surface area (Å²) in [7, 11) is -3.16. The van der Waals surface area contributed by atoms with Gasteiger partial charge in [-0.2, -0.15) is 4.31 Å². The molecule has 28 heavy (non-hydrogen) atoms. The molecule has 0 radical (unpaired) electrons. The van der Waals surface area contributed by atoms with Crippen molar-refractivity contribution < 1.29 is 8.42 Å². The lowest BCUT2D eigenvalue weighted by Gasteiger charge is -2.39. The maximum absolute atomic E-state index is 11.9. The van der Waals surface area contributed by atoms with Crippen LogP contribution in [0.1, 0.15) is 12.5 Å². The van der Waals surface area contributed by atoms with Crippen LogP contribution in [-0.4, -0.2) is 60.5 Å². The van der Waals surface area contributed by atoms with Gasteiger partial charge < -0.3 is 9.80 Å². The Bertz CT molecular complexity index is 981. The minimum absolute atomic E-state index is 0.0547. The number of sulfonamides is 1. The van der Waals surface area contributed by atoms with Gasteiger partial charge in [0.05, 0.1) is 12.1 Å². The lowest BCUT2D eigenvalue weighted by Crippen LogP contribution is -2.53. The molecule has 2 aliphatic rings. The molecule has 148 valence electrons. The van der Waals surface area contributed by atoms with Crippen molar-refractivity contribution in [2.75, 3.05) is 41.6 Å². The molecule has 0 saturated carbocycles. The molecular formula is C19H23N5O2S2. The monoisotopic (exact) mass is 417 g/mol. The number of aromatic nitrogens is 2. The quantitative estimate of drug-likeness (QED) is 0.757. The zero-order chi connectivity index (χ0) is 19.7. The van der Waals surface area contributed by atoms with Gasteiger partial charge in [-0.15, -0.1) is 11.8 Å². The normalized spacial score (nSPS) is 21.1. The van der Waals surface area contributed by atoms with Crippen LogP contribution < -0.4 is 9.80 Å². The highest BCUT2D eigenvalue weighted by Gasteiger charge is 2.30. The molecule has 2 aromatic heterocycles. The summed E-state index contributed by atoms with van der Waals surface area (Å²) in [6, 6.07) is 8.03. The summed E-state index contributed by atoms with van der Waals surface area (Å²) in [5.74, 6) is 1.71. The predicted molar refractivity (Wildman–Crippen MR) is 115 cm³/mol.